The fourth-order valence-corrected chi connectivity index (χ4v) is 4.25. The van der Waals surface area contributed by atoms with Gasteiger partial charge >= 0.3 is 0 Å². The molecule has 0 aliphatic heterocycles. The highest BCUT2D eigenvalue weighted by atomic mass is 35.5. The van der Waals surface area contributed by atoms with Crippen LogP contribution >= 0.6 is 11.6 Å². The average molecular weight is 498 g/mol. The number of hydrogen-bond acceptors (Lipinski definition) is 4. The molecule has 0 spiro atoms. The lowest BCUT2D eigenvalue weighted by Gasteiger charge is -2.30. The number of aromatic nitrogens is 2. The Morgan fingerprint density at radius 2 is 1.71 bits per heavy atom. The standard InChI is InChI=1S/C27H26ClF2N3O2/c1-27(14-17-4-7-19(29)8-5-17,18-6-11-23(34-2)24(12-18)35-3)25-15-32-26(33-25)16-31-20-9-10-22(30)21(28)13-20/h4-13,15,31H,14,16H2,1-3H3,(H,32,33). The molecule has 0 radical (unpaired) electrons. The van der Waals surface area contributed by atoms with Crippen LogP contribution in [0.3, 0.4) is 0 Å². The van der Waals surface area contributed by atoms with Crippen molar-refractivity contribution in [3.63, 3.8) is 0 Å². The van der Waals surface area contributed by atoms with Crippen molar-refractivity contribution in [2.24, 2.45) is 0 Å². The van der Waals surface area contributed by atoms with E-state index in [1.807, 2.05) is 18.2 Å². The van der Waals surface area contributed by atoms with E-state index in [1.165, 1.54) is 24.3 Å². The lowest BCUT2D eigenvalue weighted by atomic mass is 9.75. The minimum Gasteiger partial charge on any atom is -0.493 e. The summed E-state index contributed by atoms with van der Waals surface area (Å²) in [6, 6.07) is 16.8. The summed E-state index contributed by atoms with van der Waals surface area (Å²) in [5.74, 6) is 1.20. The van der Waals surface area contributed by atoms with E-state index >= 15 is 0 Å². The van der Waals surface area contributed by atoms with Gasteiger partial charge in [0.15, 0.2) is 11.5 Å². The Morgan fingerprint density at radius 3 is 2.40 bits per heavy atom. The SMILES string of the molecule is COc1ccc(C(C)(Cc2ccc(F)cc2)c2cnc(CNc3ccc(F)c(Cl)c3)[nH]2)cc1OC. The van der Waals surface area contributed by atoms with Crippen LogP contribution in [0.2, 0.25) is 5.02 Å². The van der Waals surface area contributed by atoms with Gasteiger partial charge in [-0.15, -0.1) is 0 Å². The van der Waals surface area contributed by atoms with Gasteiger partial charge in [-0.3, -0.25) is 0 Å². The quantitative estimate of drug-likeness (QED) is 0.276. The van der Waals surface area contributed by atoms with Crippen LogP contribution in [0.15, 0.2) is 66.9 Å². The second-order valence-corrected chi connectivity index (χ2v) is 8.84. The number of imidazole rings is 1. The molecule has 4 aromatic rings. The first-order valence-corrected chi connectivity index (χ1v) is 11.4. The molecule has 4 rings (SSSR count). The molecule has 0 saturated heterocycles. The molecular weight excluding hydrogens is 472 g/mol. The fourth-order valence-electron chi connectivity index (χ4n) is 4.07. The van der Waals surface area contributed by atoms with Crippen molar-refractivity contribution >= 4 is 17.3 Å². The smallest absolute Gasteiger partial charge is 0.161 e. The Hall–Kier alpha value is -3.58. The van der Waals surface area contributed by atoms with Crippen LogP contribution in [0.1, 0.15) is 29.6 Å². The van der Waals surface area contributed by atoms with Crippen LogP contribution in [-0.2, 0) is 18.4 Å². The summed E-state index contributed by atoms with van der Waals surface area (Å²) in [6.07, 6.45) is 2.39. The summed E-state index contributed by atoms with van der Waals surface area (Å²) < 4.78 is 37.9. The van der Waals surface area contributed by atoms with Gasteiger partial charge in [0.05, 0.1) is 25.8 Å². The third-order valence-electron chi connectivity index (χ3n) is 6.09. The van der Waals surface area contributed by atoms with Crippen LogP contribution in [0.4, 0.5) is 14.5 Å². The van der Waals surface area contributed by atoms with E-state index in [2.05, 4.69) is 22.2 Å². The highest BCUT2D eigenvalue weighted by molar-refractivity contribution is 6.31. The lowest BCUT2D eigenvalue weighted by Crippen LogP contribution is -2.27. The van der Waals surface area contributed by atoms with Crippen molar-refractivity contribution in [3.05, 3.63) is 106 Å². The van der Waals surface area contributed by atoms with Gasteiger partial charge in [-0.1, -0.05) is 29.8 Å². The molecule has 0 amide bonds. The second-order valence-electron chi connectivity index (χ2n) is 8.43. The molecule has 182 valence electrons. The van der Waals surface area contributed by atoms with Gasteiger partial charge in [-0.2, -0.15) is 0 Å². The first-order valence-electron chi connectivity index (χ1n) is 11.0. The monoisotopic (exact) mass is 497 g/mol. The molecule has 8 heteroatoms. The zero-order chi connectivity index (χ0) is 25.0. The summed E-state index contributed by atoms with van der Waals surface area (Å²) in [5, 5.41) is 3.25. The van der Waals surface area contributed by atoms with Crippen LogP contribution < -0.4 is 14.8 Å². The van der Waals surface area contributed by atoms with Crippen LogP contribution in [0, 0.1) is 11.6 Å². The predicted molar refractivity (Wildman–Crippen MR) is 133 cm³/mol. The molecule has 35 heavy (non-hydrogen) atoms. The molecule has 1 heterocycles. The Balaban J connectivity index is 1.66. The van der Waals surface area contributed by atoms with E-state index in [0.29, 0.717) is 36.0 Å². The number of nitrogens with zero attached hydrogens (tertiary/aromatic N) is 1. The van der Waals surface area contributed by atoms with Crippen molar-refractivity contribution < 1.29 is 18.3 Å². The van der Waals surface area contributed by atoms with Gasteiger partial charge in [-0.25, -0.2) is 13.8 Å². The number of anilines is 1. The van der Waals surface area contributed by atoms with Crippen LogP contribution in [-0.4, -0.2) is 24.2 Å². The molecule has 5 nitrogen and oxygen atoms in total. The van der Waals surface area contributed by atoms with Crippen LogP contribution in [0.25, 0.3) is 0 Å². The number of methoxy groups -OCH3 is 2. The zero-order valence-electron chi connectivity index (χ0n) is 19.7. The lowest BCUT2D eigenvalue weighted by molar-refractivity contribution is 0.353. The Morgan fingerprint density at radius 1 is 0.971 bits per heavy atom. The molecule has 3 aromatic carbocycles. The van der Waals surface area contributed by atoms with Crippen molar-refractivity contribution in [1.29, 1.82) is 0 Å². The molecule has 1 unspecified atom stereocenters. The first-order chi connectivity index (χ1) is 16.8. The minimum atomic E-state index is -0.540. The summed E-state index contributed by atoms with van der Waals surface area (Å²) >= 11 is 5.88. The number of nitrogens with one attached hydrogen (secondary N) is 2. The van der Waals surface area contributed by atoms with Gasteiger partial charge in [0.25, 0.3) is 0 Å². The molecule has 0 bridgehead atoms. The molecule has 0 aliphatic rings. The van der Waals surface area contributed by atoms with E-state index < -0.39 is 11.2 Å². The highest BCUT2D eigenvalue weighted by Crippen LogP contribution is 2.39. The molecule has 2 N–H and O–H groups in total. The highest BCUT2D eigenvalue weighted by Gasteiger charge is 2.32. The maximum absolute atomic E-state index is 13.5. The number of H-pyrrole nitrogens is 1. The number of ether oxygens (including phenoxy) is 2. The second kappa shape index (κ2) is 10.4. The normalized spacial score (nSPS) is 12.7. The number of benzene rings is 3. The van der Waals surface area contributed by atoms with Crippen molar-refractivity contribution in [3.8, 4) is 11.5 Å². The Bertz CT molecular complexity index is 1310. The summed E-state index contributed by atoms with van der Waals surface area (Å²) in [7, 11) is 3.19. The number of rotatable bonds is 9. The Kier molecular flexibility index (Phi) is 7.26. The summed E-state index contributed by atoms with van der Waals surface area (Å²) in [6.45, 7) is 2.49. The third kappa shape index (κ3) is 5.41. The summed E-state index contributed by atoms with van der Waals surface area (Å²) in [5.41, 5.74) is 2.97. The number of halogens is 3. The van der Waals surface area contributed by atoms with Crippen molar-refractivity contribution in [2.75, 3.05) is 19.5 Å². The van der Waals surface area contributed by atoms with Crippen molar-refractivity contribution in [1.82, 2.24) is 9.97 Å². The van der Waals surface area contributed by atoms with Gasteiger partial charge in [0.1, 0.15) is 17.5 Å². The fraction of sp³-hybridized carbons (Fsp3) is 0.222. The van der Waals surface area contributed by atoms with Gasteiger partial charge in [0.2, 0.25) is 0 Å². The van der Waals surface area contributed by atoms with Gasteiger partial charge < -0.3 is 19.8 Å². The number of hydrogen-bond donors (Lipinski definition) is 2. The molecule has 0 aliphatic carbocycles. The Labute approximate surface area is 208 Å². The van der Waals surface area contributed by atoms with E-state index in [4.69, 9.17) is 21.1 Å². The minimum absolute atomic E-state index is 0.0514. The van der Waals surface area contributed by atoms with Crippen LogP contribution in [0.5, 0.6) is 11.5 Å². The zero-order valence-corrected chi connectivity index (χ0v) is 20.4. The summed E-state index contributed by atoms with van der Waals surface area (Å²) in [4.78, 5) is 7.97. The first kappa shape index (κ1) is 24.5. The molecular formula is C27H26ClF2N3O2. The van der Waals surface area contributed by atoms with E-state index in [-0.39, 0.29) is 10.8 Å². The largest absolute Gasteiger partial charge is 0.493 e. The molecule has 0 saturated carbocycles. The van der Waals surface area contributed by atoms with E-state index in [9.17, 15) is 8.78 Å². The van der Waals surface area contributed by atoms with Crippen molar-refractivity contribution in [2.45, 2.75) is 25.3 Å². The predicted octanol–water partition coefficient (Wildman–Crippen LogP) is 6.52. The van der Waals surface area contributed by atoms with Gasteiger partial charge in [-0.05, 0) is 66.9 Å². The molecule has 0 fully saturated rings. The average Bonchev–Trinajstić information content (AvgIpc) is 3.35. The number of aromatic amines is 1. The molecule has 1 atom stereocenters. The topological polar surface area (TPSA) is 59.2 Å². The van der Waals surface area contributed by atoms with E-state index in [0.717, 1.165) is 16.8 Å². The molecule has 1 aromatic heterocycles. The maximum Gasteiger partial charge on any atom is 0.161 e. The third-order valence-corrected chi connectivity index (χ3v) is 6.38. The van der Waals surface area contributed by atoms with E-state index in [1.54, 1.807) is 38.6 Å². The maximum atomic E-state index is 13.5. The van der Waals surface area contributed by atoms with Gasteiger partial charge in [0, 0.05) is 23.0 Å².